The van der Waals surface area contributed by atoms with Crippen molar-refractivity contribution in [2.45, 2.75) is 13.0 Å². The largest absolute Gasteiger partial charge is 0.493 e. The number of nitrogens with zero attached hydrogens (tertiary/aromatic N) is 2. The maximum atomic E-state index is 13.3. The van der Waals surface area contributed by atoms with Gasteiger partial charge >= 0.3 is 5.97 Å². The molecular weight excluding hydrogens is 556 g/mol. The topological polar surface area (TPSA) is 96.1 Å². The number of H-pyrrole nitrogens is 1. The molecular formula is C32H35ClN4O5. The van der Waals surface area contributed by atoms with Gasteiger partial charge in [0.2, 0.25) is 5.91 Å². The van der Waals surface area contributed by atoms with Crippen molar-refractivity contribution in [1.82, 2.24) is 14.8 Å². The van der Waals surface area contributed by atoms with Crippen molar-refractivity contribution >= 4 is 40.1 Å². The zero-order valence-corrected chi connectivity index (χ0v) is 24.7. The van der Waals surface area contributed by atoms with Gasteiger partial charge in [0.05, 0.1) is 44.6 Å². The number of methoxy groups -OCH3 is 2. The molecule has 1 aliphatic rings. The van der Waals surface area contributed by atoms with Crippen LogP contribution in [0.3, 0.4) is 0 Å². The van der Waals surface area contributed by atoms with Gasteiger partial charge in [0.15, 0.2) is 11.5 Å². The van der Waals surface area contributed by atoms with Gasteiger partial charge in [0.25, 0.3) is 0 Å². The molecule has 1 fully saturated rings. The van der Waals surface area contributed by atoms with Crippen LogP contribution in [0.25, 0.3) is 10.9 Å². The Morgan fingerprint density at radius 1 is 0.929 bits per heavy atom. The van der Waals surface area contributed by atoms with Gasteiger partial charge in [-0.2, -0.15) is 0 Å². The average Bonchev–Trinajstić information content (AvgIpc) is 3.35. The van der Waals surface area contributed by atoms with E-state index in [1.807, 2.05) is 18.2 Å². The second-order valence-electron chi connectivity index (χ2n) is 10.1. The molecule has 1 saturated heterocycles. The molecule has 0 aliphatic carbocycles. The van der Waals surface area contributed by atoms with Gasteiger partial charge in [0.1, 0.15) is 5.69 Å². The molecule has 42 heavy (non-hydrogen) atoms. The number of aromatic nitrogens is 1. The Kier molecular flexibility index (Phi) is 9.31. The van der Waals surface area contributed by atoms with Gasteiger partial charge in [-0.3, -0.25) is 14.6 Å². The molecule has 10 heteroatoms. The summed E-state index contributed by atoms with van der Waals surface area (Å²) in [6, 6.07) is 22.0. The molecule has 0 unspecified atom stereocenters. The highest BCUT2D eigenvalue weighted by atomic mass is 35.5. The Balaban J connectivity index is 1.31. The van der Waals surface area contributed by atoms with Gasteiger partial charge in [-0.25, -0.2) is 4.79 Å². The first-order valence-electron chi connectivity index (χ1n) is 13.9. The fraction of sp³-hybridized carbons (Fsp3) is 0.312. The number of anilines is 1. The lowest BCUT2D eigenvalue weighted by Gasteiger charge is -2.39. The molecule has 0 saturated carbocycles. The predicted octanol–water partition coefficient (Wildman–Crippen LogP) is 5.36. The van der Waals surface area contributed by atoms with Crippen LogP contribution in [0.1, 0.15) is 34.6 Å². The summed E-state index contributed by atoms with van der Waals surface area (Å²) in [6.07, 6.45) is 0. The fourth-order valence-corrected chi connectivity index (χ4v) is 5.59. The van der Waals surface area contributed by atoms with Crippen LogP contribution in [0.2, 0.25) is 5.02 Å². The lowest BCUT2D eigenvalue weighted by Crippen LogP contribution is -2.49. The summed E-state index contributed by atoms with van der Waals surface area (Å²) < 4.78 is 16.1. The van der Waals surface area contributed by atoms with Crippen LogP contribution in [0.15, 0.2) is 66.7 Å². The number of hydrogen-bond acceptors (Lipinski definition) is 7. The lowest BCUT2D eigenvalue weighted by atomic mass is 9.96. The quantitative estimate of drug-likeness (QED) is 0.240. The Morgan fingerprint density at radius 3 is 2.21 bits per heavy atom. The van der Waals surface area contributed by atoms with Crippen LogP contribution in [0.4, 0.5) is 5.69 Å². The second kappa shape index (κ2) is 13.3. The number of piperazine rings is 1. The molecule has 0 radical (unpaired) electrons. The number of amides is 1. The van der Waals surface area contributed by atoms with Gasteiger partial charge in [-0.05, 0) is 36.2 Å². The van der Waals surface area contributed by atoms with Crippen molar-refractivity contribution in [2.24, 2.45) is 0 Å². The summed E-state index contributed by atoms with van der Waals surface area (Å²) in [5.41, 5.74) is 3.54. The maximum Gasteiger partial charge on any atom is 0.356 e. The van der Waals surface area contributed by atoms with Crippen LogP contribution in [0.5, 0.6) is 11.5 Å². The number of hydrogen-bond donors (Lipinski definition) is 2. The zero-order chi connectivity index (χ0) is 29.6. The molecule has 2 heterocycles. The third-order valence-electron chi connectivity index (χ3n) is 7.49. The van der Waals surface area contributed by atoms with Crippen molar-refractivity contribution in [1.29, 1.82) is 0 Å². The van der Waals surface area contributed by atoms with E-state index < -0.39 is 5.97 Å². The minimum absolute atomic E-state index is 0.0878. The van der Waals surface area contributed by atoms with Crippen LogP contribution >= 0.6 is 11.6 Å². The van der Waals surface area contributed by atoms with Crippen molar-refractivity contribution < 1.29 is 23.8 Å². The SMILES string of the molecule is CCOC(=O)c1[nH]c2cc(OC)c(OC)cc2c1NC(=O)CN1CCN([C@@H](c2ccccc2)c2ccc(Cl)cc2)CC1. The van der Waals surface area contributed by atoms with E-state index in [4.69, 9.17) is 25.8 Å². The highest BCUT2D eigenvalue weighted by molar-refractivity contribution is 6.30. The van der Waals surface area contributed by atoms with E-state index in [0.717, 1.165) is 13.1 Å². The van der Waals surface area contributed by atoms with Crippen LogP contribution in [-0.2, 0) is 9.53 Å². The van der Waals surface area contributed by atoms with E-state index in [2.05, 4.69) is 56.5 Å². The summed E-state index contributed by atoms with van der Waals surface area (Å²) >= 11 is 6.17. The Hall–Kier alpha value is -4.05. The first kappa shape index (κ1) is 29.4. The van der Waals surface area contributed by atoms with Crippen molar-refractivity contribution in [2.75, 3.05) is 58.9 Å². The third-order valence-corrected chi connectivity index (χ3v) is 7.74. The van der Waals surface area contributed by atoms with E-state index in [1.54, 1.807) is 26.2 Å². The number of carbonyl (C=O) groups excluding carboxylic acids is 2. The molecule has 9 nitrogen and oxygen atoms in total. The molecule has 4 aromatic rings. The number of ether oxygens (including phenoxy) is 3. The highest BCUT2D eigenvalue weighted by Crippen LogP contribution is 2.37. The standard InChI is InChI=1S/C32H35ClN4O5/c1-4-42-32(39)30-29(24-18-26(40-2)27(41-3)19-25(24)34-30)35-28(38)20-36-14-16-37(17-15-36)31(21-8-6-5-7-9-21)22-10-12-23(33)13-11-22/h5-13,18-19,31,34H,4,14-17,20H2,1-3H3,(H,35,38)/t31-/m0/s1. The van der Waals surface area contributed by atoms with Crippen molar-refractivity contribution in [3.05, 3.63) is 88.6 Å². The number of halogens is 1. The minimum atomic E-state index is -0.551. The van der Waals surface area contributed by atoms with Crippen molar-refractivity contribution in [3.8, 4) is 11.5 Å². The summed E-state index contributed by atoms with van der Waals surface area (Å²) in [6.45, 7) is 5.13. The molecule has 5 rings (SSSR count). The van der Waals surface area contributed by atoms with Gasteiger partial charge in [-0.15, -0.1) is 0 Å². The number of fused-ring (bicyclic) bond motifs is 1. The molecule has 1 atom stereocenters. The lowest BCUT2D eigenvalue weighted by molar-refractivity contribution is -0.117. The van der Waals surface area contributed by atoms with Crippen LogP contribution in [0, 0.1) is 0 Å². The molecule has 3 aromatic carbocycles. The molecule has 1 amide bonds. The zero-order valence-electron chi connectivity index (χ0n) is 24.0. The highest BCUT2D eigenvalue weighted by Gasteiger charge is 2.28. The Morgan fingerprint density at radius 2 is 1.57 bits per heavy atom. The van der Waals surface area contributed by atoms with Gasteiger partial charge in [0, 0.05) is 42.7 Å². The van der Waals surface area contributed by atoms with Crippen molar-refractivity contribution in [3.63, 3.8) is 0 Å². The van der Waals surface area contributed by atoms with Gasteiger partial charge < -0.3 is 24.5 Å². The second-order valence-corrected chi connectivity index (χ2v) is 10.5. The maximum absolute atomic E-state index is 13.3. The van der Waals surface area contributed by atoms with Crippen LogP contribution < -0.4 is 14.8 Å². The number of benzene rings is 3. The van der Waals surface area contributed by atoms with Gasteiger partial charge in [-0.1, -0.05) is 54.1 Å². The Bertz CT molecular complexity index is 1530. The monoisotopic (exact) mass is 590 g/mol. The third kappa shape index (κ3) is 6.38. The molecule has 0 spiro atoms. The first-order valence-corrected chi connectivity index (χ1v) is 14.3. The summed E-state index contributed by atoms with van der Waals surface area (Å²) in [4.78, 5) is 33.7. The molecule has 1 aromatic heterocycles. The molecule has 0 bridgehead atoms. The normalized spacial score (nSPS) is 14.9. The number of esters is 1. The predicted molar refractivity (Wildman–Crippen MR) is 164 cm³/mol. The average molecular weight is 591 g/mol. The number of nitrogens with one attached hydrogen (secondary N) is 2. The minimum Gasteiger partial charge on any atom is -0.493 e. The molecule has 1 aliphatic heterocycles. The number of carbonyl (C=O) groups is 2. The summed E-state index contributed by atoms with van der Waals surface area (Å²) in [5, 5.41) is 4.30. The van der Waals surface area contributed by atoms with E-state index in [-0.39, 0.29) is 30.8 Å². The summed E-state index contributed by atoms with van der Waals surface area (Å²) in [7, 11) is 3.08. The van der Waals surface area contributed by atoms with E-state index >= 15 is 0 Å². The molecule has 2 N–H and O–H groups in total. The van der Waals surface area contributed by atoms with E-state index in [9.17, 15) is 9.59 Å². The Labute approximate surface area is 250 Å². The summed E-state index contributed by atoms with van der Waals surface area (Å²) in [5.74, 6) is 0.219. The number of aromatic amines is 1. The molecule has 220 valence electrons. The number of rotatable bonds is 10. The van der Waals surface area contributed by atoms with Crippen LogP contribution in [-0.4, -0.2) is 80.2 Å². The van der Waals surface area contributed by atoms with E-state index in [1.165, 1.54) is 18.2 Å². The van der Waals surface area contributed by atoms with E-state index in [0.29, 0.717) is 46.2 Å². The first-order chi connectivity index (χ1) is 20.4. The smallest absolute Gasteiger partial charge is 0.356 e. The fourth-order valence-electron chi connectivity index (χ4n) is 5.46.